The minimum Gasteiger partial charge on any atom is -0.310 e. The monoisotopic (exact) mass is 199 g/mol. The Morgan fingerprint density at radius 3 is 2.50 bits per heavy atom. The minimum absolute atomic E-state index is 0.112. The lowest BCUT2D eigenvalue weighted by Gasteiger charge is -2.19. The van der Waals surface area contributed by atoms with Gasteiger partial charge in [-0.15, -0.1) is 0 Å². The van der Waals surface area contributed by atoms with Gasteiger partial charge in [0.15, 0.2) is 0 Å². The molecular weight excluding hydrogens is 188 g/mol. The van der Waals surface area contributed by atoms with Crippen molar-refractivity contribution in [2.24, 2.45) is 0 Å². The molecular formula is C10H11F2NO. The molecule has 2 nitrogen and oxygen atoms in total. The number of benzene rings is 1. The van der Waals surface area contributed by atoms with Gasteiger partial charge in [-0.05, 0) is 19.1 Å². The zero-order valence-corrected chi connectivity index (χ0v) is 8.05. The second-order valence-corrected chi connectivity index (χ2v) is 2.86. The highest BCUT2D eigenvalue weighted by Gasteiger charge is 2.13. The molecule has 0 unspecified atom stereocenters. The van der Waals surface area contributed by atoms with Crippen LogP contribution in [0.1, 0.15) is 13.8 Å². The molecule has 0 aromatic heterocycles. The second-order valence-electron chi connectivity index (χ2n) is 2.86. The molecule has 4 heteroatoms. The predicted octanol–water partition coefficient (Wildman–Crippen LogP) is 2.34. The van der Waals surface area contributed by atoms with Gasteiger partial charge in [0.2, 0.25) is 5.91 Å². The molecule has 0 radical (unpaired) electrons. The van der Waals surface area contributed by atoms with Crippen LogP contribution in [0.25, 0.3) is 0 Å². The number of halogens is 2. The molecule has 0 aliphatic carbocycles. The van der Waals surface area contributed by atoms with Crippen molar-refractivity contribution in [1.29, 1.82) is 0 Å². The summed E-state index contributed by atoms with van der Waals surface area (Å²) in [6.45, 7) is 3.42. The van der Waals surface area contributed by atoms with E-state index in [2.05, 4.69) is 0 Å². The van der Waals surface area contributed by atoms with E-state index >= 15 is 0 Å². The first-order valence-corrected chi connectivity index (χ1v) is 4.29. The Hall–Kier alpha value is -1.45. The maximum absolute atomic E-state index is 13.2. The number of rotatable bonds is 2. The molecule has 0 fully saturated rings. The zero-order valence-electron chi connectivity index (χ0n) is 8.05. The number of amides is 1. The number of carbonyl (C=O) groups excluding carboxylic acids is 1. The molecule has 0 aliphatic rings. The summed E-state index contributed by atoms with van der Waals surface area (Å²) >= 11 is 0. The average molecular weight is 199 g/mol. The minimum atomic E-state index is -0.720. The van der Waals surface area contributed by atoms with Crippen LogP contribution in [0.5, 0.6) is 0 Å². The van der Waals surface area contributed by atoms with Crippen LogP contribution in [0.15, 0.2) is 18.2 Å². The molecule has 0 spiro atoms. The molecule has 1 rings (SSSR count). The Morgan fingerprint density at radius 1 is 1.43 bits per heavy atom. The first kappa shape index (κ1) is 10.6. The number of carbonyl (C=O) groups is 1. The Bertz CT molecular complexity index is 352. The first-order chi connectivity index (χ1) is 6.56. The summed E-state index contributed by atoms with van der Waals surface area (Å²) in [5, 5.41) is 0. The first-order valence-electron chi connectivity index (χ1n) is 4.29. The van der Waals surface area contributed by atoms with Gasteiger partial charge in [-0.2, -0.15) is 0 Å². The molecule has 0 bridgehead atoms. The predicted molar refractivity (Wildman–Crippen MR) is 50.1 cm³/mol. The molecule has 0 saturated heterocycles. The van der Waals surface area contributed by atoms with Gasteiger partial charge in [0, 0.05) is 19.5 Å². The Balaban J connectivity index is 3.10. The summed E-state index contributed by atoms with van der Waals surface area (Å²) in [5.41, 5.74) is 0.112. The van der Waals surface area contributed by atoms with E-state index in [4.69, 9.17) is 0 Å². The van der Waals surface area contributed by atoms with Gasteiger partial charge in [0.05, 0.1) is 5.69 Å². The zero-order chi connectivity index (χ0) is 10.7. The number of hydrogen-bond donors (Lipinski definition) is 0. The maximum atomic E-state index is 13.2. The van der Waals surface area contributed by atoms with Crippen molar-refractivity contribution in [2.75, 3.05) is 11.4 Å². The summed E-state index contributed by atoms with van der Waals surface area (Å²) in [4.78, 5) is 12.3. The molecule has 1 amide bonds. The quantitative estimate of drug-likeness (QED) is 0.715. The molecule has 0 heterocycles. The van der Waals surface area contributed by atoms with Crippen LogP contribution >= 0.6 is 0 Å². The highest BCUT2D eigenvalue weighted by molar-refractivity contribution is 5.91. The van der Waals surface area contributed by atoms with E-state index in [-0.39, 0.29) is 11.6 Å². The van der Waals surface area contributed by atoms with E-state index in [0.29, 0.717) is 6.54 Å². The van der Waals surface area contributed by atoms with E-state index in [1.807, 2.05) is 0 Å². The van der Waals surface area contributed by atoms with Crippen molar-refractivity contribution in [3.8, 4) is 0 Å². The summed E-state index contributed by atoms with van der Waals surface area (Å²) in [5.74, 6) is -1.63. The van der Waals surface area contributed by atoms with E-state index < -0.39 is 11.6 Å². The van der Waals surface area contributed by atoms with Crippen LogP contribution in [-0.4, -0.2) is 12.5 Å². The topological polar surface area (TPSA) is 20.3 Å². The third-order valence-electron chi connectivity index (χ3n) is 1.90. The molecule has 76 valence electrons. The molecule has 0 saturated carbocycles. The van der Waals surface area contributed by atoms with Gasteiger partial charge < -0.3 is 4.90 Å². The number of nitrogens with zero attached hydrogens (tertiary/aromatic N) is 1. The molecule has 1 aromatic carbocycles. The second kappa shape index (κ2) is 4.17. The molecule has 14 heavy (non-hydrogen) atoms. The van der Waals surface area contributed by atoms with E-state index in [9.17, 15) is 13.6 Å². The molecule has 1 aromatic rings. The van der Waals surface area contributed by atoms with Crippen LogP contribution in [0.4, 0.5) is 14.5 Å². The van der Waals surface area contributed by atoms with Gasteiger partial charge in [-0.1, -0.05) is 0 Å². The van der Waals surface area contributed by atoms with E-state index in [1.54, 1.807) is 6.92 Å². The third kappa shape index (κ3) is 2.07. The van der Waals surface area contributed by atoms with E-state index in [1.165, 1.54) is 17.9 Å². The van der Waals surface area contributed by atoms with Gasteiger partial charge in [-0.25, -0.2) is 8.78 Å². The van der Waals surface area contributed by atoms with Crippen molar-refractivity contribution in [1.82, 2.24) is 0 Å². The molecule has 0 atom stereocenters. The lowest BCUT2D eigenvalue weighted by atomic mass is 10.2. The SMILES string of the molecule is CCN(C(C)=O)c1ccc(F)cc1F. The lowest BCUT2D eigenvalue weighted by molar-refractivity contribution is -0.116. The van der Waals surface area contributed by atoms with Crippen LogP contribution in [0.3, 0.4) is 0 Å². The van der Waals surface area contributed by atoms with Crippen molar-refractivity contribution in [2.45, 2.75) is 13.8 Å². The highest BCUT2D eigenvalue weighted by Crippen LogP contribution is 2.19. The fourth-order valence-electron chi connectivity index (χ4n) is 1.26. The van der Waals surface area contributed by atoms with Gasteiger partial charge >= 0.3 is 0 Å². The fraction of sp³-hybridized carbons (Fsp3) is 0.300. The van der Waals surface area contributed by atoms with Crippen LogP contribution < -0.4 is 4.90 Å². The standard InChI is InChI=1S/C10H11F2NO/c1-3-13(7(2)14)10-5-4-8(11)6-9(10)12/h4-6H,3H2,1-2H3. The normalized spacial score (nSPS) is 10.0. The number of hydrogen-bond acceptors (Lipinski definition) is 1. The van der Waals surface area contributed by atoms with Crippen LogP contribution in [0.2, 0.25) is 0 Å². The summed E-state index contributed by atoms with van der Waals surface area (Å²) in [6, 6.07) is 3.15. The van der Waals surface area contributed by atoms with Crippen LogP contribution in [0, 0.1) is 11.6 Å². The van der Waals surface area contributed by atoms with Crippen molar-refractivity contribution >= 4 is 11.6 Å². The molecule has 0 N–H and O–H groups in total. The highest BCUT2D eigenvalue weighted by atomic mass is 19.1. The summed E-state index contributed by atoms with van der Waals surface area (Å²) < 4.78 is 25.8. The van der Waals surface area contributed by atoms with E-state index in [0.717, 1.165) is 12.1 Å². The Labute approximate surface area is 81.1 Å². The maximum Gasteiger partial charge on any atom is 0.223 e. The number of anilines is 1. The Kier molecular flexibility index (Phi) is 3.17. The third-order valence-corrected chi connectivity index (χ3v) is 1.90. The smallest absolute Gasteiger partial charge is 0.223 e. The van der Waals surface area contributed by atoms with Gasteiger partial charge in [0.1, 0.15) is 11.6 Å². The largest absolute Gasteiger partial charge is 0.310 e. The van der Waals surface area contributed by atoms with Crippen LogP contribution in [-0.2, 0) is 4.79 Å². The Morgan fingerprint density at radius 2 is 2.07 bits per heavy atom. The van der Waals surface area contributed by atoms with Gasteiger partial charge in [0.25, 0.3) is 0 Å². The van der Waals surface area contributed by atoms with Crippen molar-refractivity contribution in [3.05, 3.63) is 29.8 Å². The van der Waals surface area contributed by atoms with Gasteiger partial charge in [-0.3, -0.25) is 4.79 Å². The summed E-state index contributed by atoms with van der Waals surface area (Å²) in [6.07, 6.45) is 0. The fourth-order valence-corrected chi connectivity index (χ4v) is 1.26. The summed E-state index contributed by atoms with van der Waals surface area (Å²) in [7, 11) is 0. The average Bonchev–Trinajstić information content (AvgIpc) is 2.09. The van der Waals surface area contributed by atoms with Crippen molar-refractivity contribution in [3.63, 3.8) is 0 Å². The van der Waals surface area contributed by atoms with Crippen molar-refractivity contribution < 1.29 is 13.6 Å². The lowest BCUT2D eigenvalue weighted by Crippen LogP contribution is -2.28. The molecule has 0 aliphatic heterocycles.